The molecule has 348 valence electrons. The lowest BCUT2D eigenvalue weighted by Crippen LogP contribution is -2.61. The van der Waals surface area contributed by atoms with E-state index in [-0.39, 0.29) is 61.1 Å². The molecule has 17 heteroatoms. The van der Waals surface area contributed by atoms with Crippen molar-refractivity contribution >= 4 is 51.3 Å². The Morgan fingerprint density at radius 2 is 1.72 bits per heavy atom. The maximum Gasteiger partial charge on any atom is 0.328 e. The molecule has 10 rings (SSSR count). The third-order valence-corrected chi connectivity index (χ3v) is 14.0. The van der Waals surface area contributed by atoms with Crippen LogP contribution in [-0.2, 0) is 22.2 Å². The van der Waals surface area contributed by atoms with Gasteiger partial charge in [-0.25, -0.2) is 19.2 Å². The number of anilines is 2. The number of pyridine rings is 1. The third-order valence-electron chi connectivity index (χ3n) is 14.0. The summed E-state index contributed by atoms with van der Waals surface area (Å²) in [6, 6.07) is 19.2. The summed E-state index contributed by atoms with van der Waals surface area (Å²) in [5.74, 6) is 0.0409. The van der Waals surface area contributed by atoms with Gasteiger partial charge in [0.1, 0.15) is 17.1 Å². The average Bonchev–Trinajstić information content (AvgIpc) is 4.02. The van der Waals surface area contributed by atoms with Crippen LogP contribution in [0.2, 0.25) is 0 Å². The van der Waals surface area contributed by atoms with E-state index in [1.54, 1.807) is 54.2 Å². The van der Waals surface area contributed by atoms with Crippen molar-refractivity contribution in [1.82, 2.24) is 34.6 Å². The smallest absolute Gasteiger partial charge is 0.328 e. The number of imide groups is 1. The van der Waals surface area contributed by atoms with E-state index in [1.807, 2.05) is 35.4 Å². The molecule has 0 bridgehead atoms. The maximum atomic E-state index is 16.1. The van der Waals surface area contributed by atoms with Crippen LogP contribution in [0.4, 0.5) is 20.8 Å². The van der Waals surface area contributed by atoms with Crippen LogP contribution >= 0.6 is 0 Å². The van der Waals surface area contributed by atoms with Crippen LogP contribution in [0.15, 0.2) is 83.9 Å². The molecule has 0 radical (unpaired) electrons. The van der Waals surface area contributed by atoms with Crippen molar-refractivity contribution in [1.29, 1.82) is 0 Å². The fourth-order valence-electron chi connectivity index (χ4n) is 10.3. The van der Waals surface area contributed by atoms with Crippen LogP contribution in [0.25, 0.3) is 32.9 Å². The van der Waals surface area contributed by atoms with E-state index >= 15 is 4.39 Å². The van der Waals surface area contributed by atoms with Crippen molar-refractivity contribution in [3.8, 4) is 16.9 Å². The van der Waals surface area contributed by atoms with Gasteiger partial charge in [-0.05, 0) is 87.6 Å². The third kappa shape index (κ3) is 7.97. The molecule has 6 heterocycles. The fraction of sp³-hybridized carbons (Fsp3) is 0.400. The first-order valence-corrected chi connectivity index (χ1v) is 23.1. The SMILES string of the molecule is COc1ccc(C(=O)N2C[C@H](C)N(C3CCN(c4nc(C(CN)(OC5CC5)c5ccccc5F)c5cc(-c6cn(C)c(=O)c7[nH]ccc67)ccc5n4)CC3)C[C@H]2C)cc1N1CCC(=O)NC1=O. The number of nitrogens with two attached hydrogens (primary N) is 1. The number of benzene rings is 3. The predicted octanol–water partition coefficient (Wildman–Crippen LogP) is 5.66. The summed E-state index contributed by atoms with van der Waals surface area (Å²) >= 11 is 0. The fourth-order valence-corrected chi connectivity index (χ4v) is 10.3. The zero-order chi connectivity index (χ0) is 46.7. The first-order valence-electron chi connectivity index (χ1n) is 23.1. The number of hydrogen-bond acceptors (Lipinski definition) is 11. The minimum absolute atomic E-state index is 0.0634. The van der Waals surface area contributed by atoms with Gasteiger partial charge in [0.15, 0.2) is 5.60 Å². The van der Waals surface area contributed by atoms with Crippen molar-refractivity contribution in [3.63, 3.8) is 0 Å². The van der Waals surface area contributed by atoms with Gasteiger partial charge in [-0.1, -0.05) is 24.3 Å². The summed E-state index contributed by atoms with van der Waals surface area (Å²) in [5, 5.41) is 3.81. The van der Waals surface area contributed by atoms with Crippen LogP contribution in [-0.4, -0.2) is 118 Å². The van der Waals surface area contributed by atoms with Gasteiger partial charge in [0.05, 0.1) is 30.1 Å². The second kappa shape index (κ2) is 17.5. The number of piperidine rings is 1. The number of aromatic nitrogens is 4. The van der Waals surface area contributed by atoms with Gasteiger partial charge in [0, 0.05) is 111 Å². The minimum Gasteiger partial charge on any atom is -0.495 e. The molecule has 4 N–H and O–H groups in total. The molecule has 1 unspecified atom stereocenters. The largest absolute Gasteiger partial charge is 0.495 e. The summed E-state index contributed by atoms with van der Waals surface area (Å²) in [5.41, 5.74) is 9.73. The van der Waals surface area contributed by atoms with Gasteiger partial charge >= 0.3 is 6.03 Å². The number of ether oxygens (including phenoxy) is 2. The number of amides is 4. The molecule has 0 spiro atoms. The van der Waals surface area contributed by atoms with Gasteiger partial charge in [-0.2, -0.15) is 0 Å². The summed E-state index contributed by atoms with van der Waals surface area (Å²) < 4.78 is 30.1. The Balaban J connectivity index is 0.926. The number of hydrogen-bond donors (Lipinski definition) is 3. The van der Waals surface area contributed by atoms with Crippen LogP contribution in [0.3, 0.4) is 0 Å². The van der Waals surface area contributed by atoms with Crippen LogP contribution in [0.5, 0.6) is 5.75 Å². The number of carbonyl (C=O) groups excluding carboxylic acids is 3. The Kier molecular flexibility index (Phi) is 11.5. The molecule has 4 aliphatic rings. The lowest BCUT2D eigenvalue weighted by Gasteiger charge is -2.49. The number of H-pyrrole nitrogens is 1. The average molecular weight is 911 g/mol. The number of nitrogens with one attached hydrogen (secondary N) is 2. The molecule has 67 heavy (non-hydrogen) atoms. The highest BCUT2D eigenvalue weighted by Gasteiger charge is 2.45. The van der Waals surface area contributed by atoms with E-state index in [0.29, 0.717) is 76.8 Å². The highest BCUT2D eigenvalue weighted by molar-refractivity contribution is 6.07. The highest BCUT2D eigenvalue weighted by Crippen LogP contribution is 2.44. The van der Waals surface area contributed by atoms with Gasteiger partial charge in [-0.3, -0.25) is 29.5 Å². The first kappa shape index (κ1) is 44.2. The van der Waals surface area contributed by atoms with E-state index in [4.69, 9.17) is 25.2 Å². The number of methoxy groups -OCH3 is 1. The summed E-state index contributed by atoms with van der Waals surface area (Å²) in [4.78, 5) is 73.4. The van der Waals surface area contributed by atoms with Crippen molar-refractivity contribution in [2.24, 2.45) is 12.8 Å². The van der Waals surface area contributed by atoms with Crippen LogP contribution < -0.4 is 31.1 Å². The standard InChI is InChI=1S/C50H55FN10O6/c1-29-26-61(46(63)32-10-14-42(66-4)41(24-32)59-22-18-43(62)55-49(59)65)30(2)25-60(29)33-16-20-58(21-17-33)48-54-40-13-9-31(37-27-57(3)47(64)44-35(37)15-19-53-44)23-36(40)45(56-48)50(28-52,67-34-11-12-34)38-7-5-6-8-39(38)51/h5-10,13-15,19,23-24,27,29-30,33-34,53H,11-12,16-18,20-22,25-26,28,52H2,1-4H3,(H,55,62,65)/t29-,30+,50?/m0/s1. The van der Waals surface area contributed by atoms with Crippen LogP contribution in [0, 0.1) is 5.82 Å². The van der Waals surface area contributed by atoms with E-state index in [0.717, 1.165) is 42.2 Å². The number of fused-ring (bicyclic) bond motifs is 2. The Morgan fingerprint density at radius 1 is 0.925 bits per heavy atom. The first-order chi connectivity index (χ1) is 32.4. The molecule has 16 nitrogen and oxygen atoms in total. The molecule has 6 aromatic rings. The van der Waals surface area contributed by atoms with Crippen molar-refractivity contribution in [3.05, 3.63) is 112 Å². The molecule has 3 aromatic heterocycles. The van der Waals surface area contributed by atoms with E-state index in [1.165, 1.54) is 18.1 Å². The Morgan fingerprint density at radius 3 is 2.45 bits per heavy atom. The van der Waals surface area contributed by atoms with E-state index in [9.17, 15) is 19.2 Å². The number of carbonyl (C=O) groups is 3. The van der Waals surface area contributed by atoms with Gasteiger partial charge in [0.2, 0.25) is 11.9 Å². The number of halogens is 1. The van der Waals surface area contributed by atoms with Crippen LogP contribution in [0.1, 0.15) is 67.6 Å². The molecule has 3 aliphatic heterocycles. The Bertz CT molecular complexity index is 2980. The molecule has 3 atom stereocenters. The molecule has 4 fully saturated rings. The Labute approximate surface area is 386 Å². The highest BCUT2D eigenvalue weighted by atomic mass is 19.1. The summed E-state index contributed by atoms with van der Waals surface area (Å²) in [6.07, 6.45) is 6.95. The Hall–Kier alpha value is -6.69. The molecule has 1 saturated carbocycles. The summed E-state index contributed by atoms with van der Waals surface area (Å²) in [7, 11) is 3.24. The van der Waals surface area contributed by atoms with Gasteiger partial charge in [-0.15, -0.1) is 0 Å². The number of rotatable bonds is 11. The lowest BCUT2D eigenvalue weighted by molar-refractivity contribution is -0.120. The number of aromatic amines is 1. The summed E-state index contributed by atoms with van der Waals surface area (Å²) in [6.45, 7) is 6.89. The van der Waals surface area contributed by atoms with E-state index in [2.05, 4.69) is 33.9 Å². The zero-order valence-electron chi connectivity index (χ0n) is 38.1. The molecule has 3 saturated heterocycles. The topological polar surface area (TPSA) is 184 Å². The molecule has 1 aliphatic carbocycles. The van der Waals surface area contributed by atoms with Crippen molar-refractivity contribution < 1.29 is 28.2 Å². The molecule has 4 amide bonds. The second-order valence-electron chi connectivity index (χ2n) is 18.4. The normalized spacial score (nSPS) is 20.7. The number of nitrogens with zero attached hydrogens (tertiary/aromatic N) is 7. The quantitative estimate of drug-likeness (QED) is 0.146. The van der Waals surface area contributed by atoms with Gasteiger partial charge in [0.25, 0.3) is 11.5 Å². The van der Waals surface area contributed by atoms with E-state index < -0.39 is 17.4 Å². The van der Waals surface area contributed by atoms with Crippen molar-refractivity contribution in [2.75, 3.05) is 56.2 Å². The maximum absolute atomic E-state index is 16.1. The minimum atomic E-state index is -1.43. The zero-order valence-corrected chi connectivity index (χ0v) is 38.1. The van der Waals surface area contributed by atoms with Crippen molar-refractivity contribution in [2.45, 2.75) is 75.8 Å². The lowest BCUT2D eigenvalue weighted by atomic mass is 9.86. The number of piperazine rings is 1. The monoisotopic (exact) mass is 910 g/mol. The molecular weight excluding hydrogens is 856 g/mol. The second-order valence-corrected chi connectivity index (χ2v) is 18.4. The number of aryl methyl sites for hydroxylation is 1. The number of urea groups is 1. The molecular formula is C50H55FN10O6. The molecule has 3 aromatic carbocycles. The predicted molar refractivity (Wildman–Crippen MR) is 253 cm³/mol. The van der Waals surface area contributed by atoms with Gasteiger partial charge < -0.3 is 34.6 Å².